The van der Waals surface area contributed by atoms with Gasteiger partial charge in [-0.15, -0.1) is 0 Å². The lowest BCUT2D eigenvalue weighted by Crippen LogP contribution is -2.44. The molecule has 0 bridgehead atoms. The molecule has 1 aliphatic heterocycles. The molecule has 1 unspecified atom stereocenters. The molecular formula is C10H17N5O2S. The van der Waals surface area contributed by atoms with Crippen LogP contribution in [0.3, 0.4) is 0 Å². The molecule has 0 radical (unpaired) electrons. The van der Waals surface area contributed by atoms with E-state index >= 15 is 0 Å². The van der Waals surface area contributed by atoms with Crippen LogP contribution in [0.15, 0.2) is 11.2 Å². The van der Waals surface area contributed by atoms with E-state index in [0.29, 0.717) is 24.1 Å². The summed E-state index contributed by atoms with van der Waals surface area (Å²) in [6.45, 7) is 1.95. The number of nitrogens with two attached hydrogens (primary N) is 1. The summed E-state index contributed by atoms with van der Waals surface area (Å²) in [6.07, 6.45) is 1.75. The lowest BCUT2D eigenvalue weighted by Gasteiger charge is -2.33. The summed E-state index contributed by atoms with van der Waals surface area (Å²) >= 11 is 1.46. The van der Waals surface area contributed by atoms with Crippen LogP contribution in [0, 0.1) is 0 Å². The molecule has 4 N–H and O–H groups in total. The molecule has 7 nitrogen and oxygen atoms in total. The molecule has 0 aliphatic carbocycles. The van der Waals surface area contributed by atoms with Gasteiger partial charge in [-0.1, -0.05) is 11.8 Å². The van der Waals surface area contributed by atoms with Crippen molar-refractivity contribution >= 4 is 23.4 Å². The zero-order valence-electron chi connectivity index (χ0n) is 10.2. The summed E-state index contributed by atoms with van der Waals surface area (Å²) in [5.41, 5.74) is 2.53. The first kappa shape index (κ1) is 13.3. The van der Waals surface area contributed by atoms with Gasteiger partial charge in [0.15, 0.2) is 5.16 Å². The predicted molar refractivity (Wildman–Crippen MR) is 70.7 cm³/mol. The molecule has 0 spiro atoms. The summed E-state index contributed by atoms with van der Waals surface area (Å²) < 4.78 is 5.41. The van der Waals surface area contributed by atoms with Gasteiger partial charge in [-0.3, -0.25) is 0 Å². The van der Waals surface area contributed by atoms with Crippen molar-refractivity contribution in [2.45, 2.75) is 11.3 Å². The fourth-order valence-electron chi connectivity index (χ4n) is 1.78. The van der Waals surface area contributed by atoms with E-state index < -0.39 is 0 Å². The van der Waals surface area contributed by atoms with Gasteiger partial charge in [0.2, 0.25) is 0 Å². The van der Waals surface area contributed by atoms with Crippen LogP contribution in [0.1, 0.15) is 0 Å². The van der Waals surface area contributed by atoms with Crippen molar-refractivity contribution in [2.24, 2.45) is 5.84 Å². The van der Waals surface area contributed by atoms with Crippen molar-refractivity contribution in [3.05, 3.63) is 6.07 Å². The zero-order chi connectivity index (χ0) is 13.0. The Balaban J connectivity index is 2.20. The Morgan fingerprint density at radius 3 is 3.17 bits per heavy atom. The number of morpholine rings is 1. The molecule has 8 heteroatoms. The number of nitrogens with one attached hydrogen (secondary N) is 1. The van der Waals surface area contributed by atoms with Gasteiger partial charge < -0.3 is 20.2 Å². The molecule has 100 valence electrons. The molecule has 18 heavy (non-hydrogen) atoms. The number of nitrogens with zero attached hydrogens (tertiary/aromatic N) is 3. The van der Waals surface area contributed by atoms with Crippen molar-refractivity contribution in [3.8, 4) is 0 Å². The fraction of sp³-hybridized carbons (Fsp3) is 0.600. The first-order valence-corrected chi connectivity index (χ1v) is 6.86. The minimum atomic E-state index is -0.166. The highest BCUT2D eigenvalue weighted by Crippen LogP contribution is 2.21. The third kappa shape index (κ3) is 3.02. The summed E-state index contributed by atoms with van der Waals surface area (Å²) in [6, 6.07) is 1.79. The molecule has 1 fully saturated rings. The van der Waals surface area contributed by atoms with Gasteiger partial charge >= 0.3 is 0 Å². The Hall–Kier alpha value is -1.09. The molecule has 1 saturated heterocycles. The monoisotopic (exact) mass is 271 g/mol. The topological polar surface area (TPSA) is 96.5 Å². The van der Waals surface area contributed by atoms with Gasteiger partial charge in [-0.25, -0.2) is 15.8 Å². The molecule has 1 atom stereocenters. The highest BCUT2D eigenvalue weighted by atomic mass is 32.2. The van der Waals surface area contributed by atoms with Gasteiger partial charge in [0, 0.05) is 19.2 Å². The molecule has 1 aliphatic rings. The number of nitrogen functional groups attached to an aromatic ring is 1. The number of aliphatic hydroxyl groups excluding tert-OH is 1. The molecule has 2 heterocycles. The number of hydrogen-bond donors (Lipinski definition) is 3. The smallest absolute Gasteiger partial charge is 0.191 e. The molecule has 0 amide bonds. The van der Waals surface area contributed by atoms with Crippen LogP contribution in [0.25, 0.3) is 0 Å². The van der Waals surface area contributed by atoms with E-state index in [-0.39, 0.29) is 12.7 Å². The minimum Gasteiger partial charge on any atom is -0.394 e. The van der Waals surface area contributed by atoms with E-state index in [1.165, 1.54) is 11.8 Å². The Kier molecular flexibility index (Phi) is 4.59. The normalized spacial score (nSPS) is 19.9. The number of ether oxygens (including phenoxy) is 1. The highest BCUT2D eigenvalue weighted by molar-refractivity contribution is 7.98. The molecule has 2 rings (SSSR count). The third-order valence-corrected chi connectivity index (χ3v) is 3.24. The Labute approximate surface area is 110 Å². The average Bonchev–Trinajstić information content (AvgIpc) is 2.46. The first-order chi connectivity index (χ1) is 8.76. The molecule has 0 saturated carbocycles. The second-order valence-electron chi connectivity index (χ2n) is 3.86. The molecule has 1 aromatic rings. The number of hydrogen-bond acceptors (Lipinski definition) is 8. The highest BCUT2D eigenvalue weighted by Gasteiger charge is 2.21. The quantitative estimate of drug-likeness (QED) is 0.297. The fourth-order valence-corrected chi connectivity index (χ4v) is 2.15. The largest absolute Gasteiger partial charge is 0.394 e. The number of hydrazine groups is 1. The van der Waals surface area contributed by atoms with Crippen LogP contribution in [0.4, 0.5) is 11.6 Å². The van der Waals surface area contributed by atoms with Gasteiger partial charge in [-0.2, -0.15) is 0 Å². The van der Waals surface area contributed by atoms with Crippen molar-refractivity contribution in [1.82, 2.24) is 9.97 Å². The Bertz CT molecular complexity index is 384. The van der Waals surface area contributed by atoms with Gasteiger partial charge in [-0.05, 0) is 6.26 Å². The van der Waals surface area contributed by atoms with E-state index in [9.17, 15) is 0 Å². The van der Waals surface area contributed by atoms with Crippen LogP contribution in [-0.4, -0.2) is 53.7 Å². The van der Waals surface area contributed by atoms with Crippen molar-refractivity contribution in [1.29, 1.82) is 0 Å². The number of aromatic nitrogens is 2. The molecular weight excluding hydrogens is 254 g/mol. The van der Waals surface area contributed by atoms with E-state index in [0.717, 1.165) is 12.4 Å². The van der Waals surface area contributed by atoms with E-state index in [1.807, 2.05) is 6.26 Å². The van der Waals surface area contributed by atoms with Crippen molar-refractivity contribution in [2.75, 3.05) is 42.9 Å². The maximum Gasteiger partial charge on any atom is 0.191 e. The first-order valence-electron chi connectivity index (χ1n) is 5.64. The number of anilines is 2. The number of rotatable bonds is 4. The van der Waals surface area contributed by atoms with E-state index in [4.69, 9.17) is 15.7 Å². The summed E-state index contributed by atoms with van der Waals surface area (Å²) in [4.78, 5) is 10.7. The average molecular weight is 271 g/mol. The van der Waals surface area contributed by atoms with Gasteiger partial charge in [0.05, 0.1) is 19.3 Å². The third-order valence-electron chi connectivity index (χ3n) is 2.69. The SMILES string of the molecule is CSc1nc(NN)cc(N2CCOC(CO)C2)n1. The van der Waals surface area contributed by atoms with Gasteiger partial charge in [0.1, 0.15) is 11.6 Å². The summed E-state index contributed by atoms with van der Waals surface area (Å²) in [5.74, 6) is 6.77. The van der Waals surface area contributed by atoms with Crippen LogP contribution < -0.4 is 16.2 Å². The summed E-state index contributed by atoms with van der Waals surface area (Å²) in [7, 11) is 0. The molecule has 0 aromatic carbocycles. The Morgan fingerprint density at radius 2 is 2.50 bits per heavy atom. The second kappa shape index (κ2) is 6.19. The van der Waals surface area contributed by atoms with Gasteiger partial charge in [0.25, 0.3) is 0 Å². The van der Waals surface area contributed by atoms with E-state index in [2.05, 4.69) is 20.3 Å². The second-order valence-corrected chi connectivity index (χ2v) is 4.64. The lowest BCUT2D eigenvalue weighted by molar-refractivity contribution is 0.00333. The van der Waals surface area contributed by atoms with E-state index in [1.54, 1.807) is 6.07 Å². The molecule has 1 aromatic heterocycles. The van der Waals surface area contributed by atoms with Crippen molar-refractivity contribution in [3.63, 3.8) is 0 Å². The minimum absolute atomic E-state index is 0.0129. The van der Waals surface area contributed by atoms with Crippen molar-refractivity contribution < 1.29 is 9.84 Å². The van der Waals surface area contributed by atoms with Crippen LogP contribution in [0.5, 0.6) is 0 Å². The standard InChI is InChI=1S/C10H17N5O2S/c1-18-10-12-8(14-11)4-9(13-10)15-2-3-17-7(5-15)6-16/h4,7,16H,2-3,5-6,11H2,1H3,(H,12,13,14). The lowest BCUT2D eigenvalue weighted by atomic mass is 10.3. The van der Waals surface area contributed by atoms with Crippen LogP contribution in [0.2, 0.25) is 0 Å². The van der Waals surface area contributed by atoms with Crippen LogP contribution in [-0.2, 0) is 4.74 Å². The Morgan fingerprint density at radius 1 is 1.67 bits per heavy atom. The summed E-state index contributed by atoms with van der Waals surface area (Å²) in [5, 5.41) is 9.80. The zero-order valence-corrected chi connectivity index (χ0v) is 11.0. The van der Waals surface area contributed by atoms with Crippen LogP contribution >= 0.6 is 11.8 Å². The number of thioether (sulfide) groups is 1. The number of aliphatic hydroxyl groups is 1. The maximum absolute atomic E-state index is 9.14. The maximum atomic E-state index is 9.14. The predicted octanol–water partition coefficient (Wildman–Crippen LogP) is -0.318.